The van der Waals surface area contributed by atoms with Gasteiger partial charge in [-0.25, -0.2) is 9.37 Å². The van der Waals surface area contributed by atoms with Crippen molar-refractivity contribution < 1.29 is 9.18 Å². The quantitative estimate of drug-likeness (QED) is 0.583. The molecule has 1 unspecified atom stereocenters. The van der Waals surface area contributed by atoms with Gasteiger partial charge >= 0.3 is 0 Å². The molecule has 0 fully saturated rings. The number of benzene rings is 1. The maximum atomic E-state index is 13.0. The van der Waals surface area contributed by atoms with Crippen LogP contribution >= 0.6 is 11.5 Å². The summed E-state index contributed by atoms with van der Waals surface area (Å²) in [5.41, 5.74) is 0.978. The minimum atomic E-state index is -0.245. The van der Waals surface area contributed by atoms with Gasteiger partial charge in [0, 0.05) is 43.5 Å². The van der Waals surface area contributed by atoms with Crippen LogP contribution < -0.4 is 10.2 Å². The molecule has 1 aromatic carbocycles. The number of nitrogens with zero attached hydrogens (tertiary/aromatic N) is 3. The second-order valence-electron chi connectivity index (χ2n) is 6.70. The Morgan fingerprint density at radius 1 is 1.30 bits per heavy atom. The zero-order valence-corrected chi connectivity index (χ0v) is 17.2. The molecule has 1 heterocycles. The number of amides is 1. The van der Waals surface area contributed by atoms with Crippen molar-refractivity contribution >= 4 is 22.6 Å². The molecular formula is C20H29FN4OS. The van der Waals surface area contributed by atoms with E-state index in [0.29, 0.717) is 19.4 Å². The molecule has 0 aliphatic rings. The van der Waals surface area contributed by atoms with Crippen molar-refractivity contribution in [3.63, 3.8) is 0 Å². The Labute approximate surface area is 165 Å². The number of aromatic nitrogens is 2. The van der Waals surface area contributed by atoms with Gasteiger partial charge in [-0.3, -0.25) is 4.79 Å². The van der Waals surface area contributed by atoms with Gasteiger partial charge in [-0.2, -0.15) is 4.37 Å². The van der Waals surface area contributed by atoms with Crippen LogP contribution in [-0.4, -0.2) is 34.4 Å². The number of anilines is 1. The molecule has 27 heavy (non-hydrogen) atoms. The average molecular weight is 393 g/mol. The lowest BCUT2D eigenvalue weighted by atomic mass is 10.1. The zero-order valence-electron chi connectivity index (χ0n) is 16.4. The van der Waals surface area contributed by atoms with Crippen LogP contribution in [0.2, 0.25) is 0 Å². The number of rotatable bonds is 11. The Morgan fingerprint density at radius 3 is 2.70 bits per heavy atom. The number of carbonyl (C=O) groups excluding carboxylic acids is 1. The lowest BCUT2D eigenvalue weighted by Crippen LogP contribution is -2.36. The van der Waals surface area contributed by atoms with Crippen LogP contribution in [0.4, 0.5) is 9.52 Å². The fourth-order valence-corrected chi connectivity index (χ4v) is 3.47. The highest BCUT2D eigenvalue weighted by atomic mass is 32.1. The maximum Gasteiger partial charge on any atom is 0.221 e. The van der Waals surface area contributed by atoms with Crippen LogP contribution in [-0.2, 0) is 11.2 Å². The molecule has 1 amide bonds. The van der Waals surface area contributed by atoms with Crippen LogP contribution in [0.1, 0.15) is 57.8 Å². The molecule has 0 bridgehead atoms. The van der Waals surface area contributed by atoms with Gasteiger partial charge in [0.25, 0.3) is 0 Å². The molecule has 2 rings (SSSR count). The number of unbranched alkanes of at least 4 members (excludes halogenated alkanes) is 1. The van der Waals surface area contributed by atoms with E-state index in [9.17, 15) is 9.18 Å². The van der Waals surface area contributed by atoms with Crippen molar-refractivity contribution in [3.05, 3.63) is 41.5 Å². The number of halogens is 1. The van der Waals surface area contributed by atoms with Gasteiger partial charge in [-0.1, -0.05) is 32.4 Å². The second-order valence-corrected chi connectivity index (χ2v) is 7.43. The van der Waals surface area contributed by atoms with Crippen molar-refractivity contribution in [1.29, 1.82) is 0 Å². The predicted octanol–water partition coefficient (Wildman–Crippen LogP) is 4.18. The monoisotopic (exact) mass is 392 g/mol. The van der Waals surface area contributed by atoms with Gasteiger partial charge in [0.2, 0.25) is 11.0 Å². The van der Waals surface area contributed by atoms with E-state index < -0.39 is 0 Å². The number of carbonyl (C=O) groups is 1. The summed E-state index contributed by atoms with van der Waals surface area (Å²) in [5, 5.41) is 3.80. The summed E-state index contributed by atoms with van der Waals surface area (Å²) in [5.74, 6) is 0.556. The Balaban J connectivity index is 1.98. The summed E-state index contributed by atoms with van der Waals surface area (Å²) < 4.78 is 17.5. The summed E-state index contributed by atoms with van der Waals surface area (Å²) in [7, 11) is 0. The smallest absolute Gasteiger partial charge is 0.221 e. The third-order valence-electron chi connectivity index (χ3n) is 4.53. The predicted molar refractivity (Wildman–Crippen MR) is 109 cm³/mol. The van der Waals surface area contributed by atoms with Gasteiger partial charge in [0.1, 0.15) is 11.6 Å². The first-order valence-corrected chi connectivity index (χ1v) is 10.4. The number of nitrogens with one attached hydrogen (secondary N) is 1. The second kappa shape index (κ2) is 11.0. The molecule has 0 radical (unpaired) electrons. The van der Waals surface area contributed by atoms with Crippen molar-refractivity contribution in [2.24, 2.45) is 0 Å². The van der Waals surface area contributed by atoms with Crippen LogP contribution in [0.3, 0.4) is 0 Å². The topological polar surface area (TPSA) is 58.1 Å². The number of hydrogen-bond donors (Lipinski definition) is 1. The van der Waals surface area contributed by atoms with Gasteiger partial charge in [0.15, 0.2) is 0 Å². The van der Waals surface area contributed by atoms with E-state index in [2.05, 4.69) is 40.3 Å². The Hall–Kier alpha value is -2.02. The Kier molecular flexibility index (Phi) is 8.64. The van der Waals surface area contributed by atoms with E-state index in [-0.39, 0.29) is 17.8 Å². The number of hydrogen-bond acceptors (Lipinski definition) is 5. The SMILES string of the molecule is CCCCNC(=O)CCN(c1nc(Cc2ccc(F)cc2)ns1)C(C)CC. The molecule has 0 saturated heterocycles. The third kappa shape index (κ3) is 6.90. The molecule has 5 nitrogen and oxygen atoms in total. The zero-order chi connectivity index (χ0) is 19.6. The fourth-order valence-electron chi connectivity index (χ4n) is 2.66. The van der Waals surface area contributed by atoms with E-state index in [0.717, 1.165) is 42.3 Å². The van der Waals surface area contributed by atoms with Crippen molar-refractivity contribution in [1.82, 2.24) is 14.7 Å². The molecule has 0 saturated carbocycles. The molecule has 2 aromatic rings. The minimum Gasteiger partial charge on any atom is -0.356 e. The summed E-state index contributed by atoms with van der Waals surface area (Å²) in [4.78, 5) is 18.9. The van der Waals surface area contributed by atoms with E-state index in [1.165, 1.54) is 23.7 Å². The van der Waals surface area contributed by atoms with Gasteiger partial charge < -0.3 is 10.2 Å². The summed E-state index contributed by atoms with van der Waals surface area (Å²) in [6.45, 7) is 7.72. The molecule has 0 aliphatic carbocycles. The van der Waals surface area contributed by atoms with Crippen LogP contribution in [0.15, 0.2) is 24.3 Å². The Bertz CT molecular complexity index is 704. The highest BCUT2D eigenvalue weighted by Gasteiger charge is 2.19. The van der Waals surface area contributed by atoms with E-state index in [1.807, 2.05) is 0 Å². The fraction of sp³-hybridized carbons (Fsp3) is 0.550. The summed E-state index contributed by atoms with van der Waals surface area (Å²) in [6, 6.07) is 6.68. The van der Waals surface area contributed by atoms with E-state index in [1.54, 1.807) is 12.1 Å². The first-order chi connectivity index (χ1) is 13.0. The van der Waals surface area contributed by atoms with Gasteiger partial charge in [-0.05, 0) is 37.5 Å². The molecule has 148 valence electrons. The molecule has 0 aliphatic heterocycles. The van der Waals surface area contributed by atoms with Gasteiger partial charge in [-0.15, -0.1) is 0 Å². The molecule has 1 atom stereocenters. The van der Waals surface area contributed by atoms with Crippen LogP contribution in [0, 0.1) is 5.82 Å². The maximum absolute atomic E-state index is 13.0. The van der Waals surface area contributed by atoms with E-state index in [4.69, 9.17) is 0 Å². The van der Waals surface area contributed by atoms with Crippen molar-refractivity contribution in [2.45, 2.75) is 58.9 Å². The van der Waals surface area contributed by atoms with Crippen LogP contribution in [0.25, 0.3) is 0 Å². The summed E-state index contributed by atoms with van der Waals surface area (Å²) in [6.07, 6.45) is 4.05. The highest BCUT2D eigenvalue weighted by molar-refractivity contribution is 7.09. The molecule has 7 heteroatoms. The highest BCUT2D eigenvalue weighted by Crippen LogP contribution is 2.22. The minimum absolute atomic E-state index is 0.0767. The van der Waals surface area contributed by atoms with Crippen molar-refractivity contribution in [2.75, 3.05) is 18.0 Å². The Morgan fingerprint density at radius 2 is 2.04 bits per heavy atom. The third-order valence-corrected chi connectivity index (χ3v) is 5.32. The van der Waals surface area contributed by atoms with Gasteiger partial charge in [0.05, 0.1) is 0 Å². The van der Waals surface area contributed by atoms with Crippen LogP contribution in [0.5, 0.6) is 0 Å². The molecule has 0 spiro atoms. The summed E-state index contributed by atoms with van der Waals surface area (Å²) >= 11 is 1.36. The normalized spacial score (nSPS) is 12.0. The standard InChI is InChI=1S/C20H29FN4OS/c1-4-6-12-22-19(26)11-13-25(15(3)5-2)20-23-18(24-27-20)14-16-7-9-17(21)10-8-16/h7-10,15H,4-6,11-14H2,1-3H3,(H,22,26). The molecular weight excluding hydrogens is 363 g/mol. The van der Waals surface area contributed by atoms with Crippen molar-refractivity contribution in [3.8, 4) is 0 Å². The lowest BCUT2D eigenvalue weighted by Gasteiger charge is -2.27. The van der Waals surface area contributed by atoms with E-state index >= 15 is 0 Å². The largest absolute Gasteiger partial charge is 0.356 e. The molecule has 1 aromatic heterocycles. The lowest BCUT2D eigenvalue weighted by molar-refractivity contribution is -0.120. The first kappa shape index (κ1) is 21.3. The average Bonchev–Trinajstić information content (AvgIpc) is 3.12. The molecule has 1 N–H and O–H groups in total. The first-order valence-electron chi connectivity index (χ1n) is 9.63.